The zero-order valence-electron chi connectivity index (χ0n) is 33.4. The van der Waals surface area contributed by atoms with Gasteiger partial charge in [-0.1, -0.05) is 49.4 Å². The van der Waals surface area contributed by atoms with Gasteiger partial charge in [0.15, 0.2) is 10.8 Å². The fourth-order valence-electron chi connectivity index (χ4n) is 10.3. The van der Waals surface area contributed by atoms with Crippen molar-refractivity contribution in [3.05, 3.63) is 88.9 Å². The highest BCUT2D eigenvalue weighted by atomic mass is 32.1. The summed E-state index contributed by atoms with van der Waals surface area (Å²) in [6.45, 7) is 9.69. The zero-order chi connectivity index (χ0) is 40.6. The molecule has 1 amide bonds. The molecule has 5 aromatic rings. The normalized spacial score (nSPS) is 23.4. The number of thiazole rings is 1. The lowest BCUT2D eigenvalue weighted by atomic mass is 9.52. The predicted molar refractivity (Wildman–Crippen MR) is 224 cm³/mol. The minimum absolute atomic E-state index is 0.0175. The summed E-state index contributed by atoms with van der Waals surface area (Å²) >= 11 is 1.43. The quantitative estimate of drug-likeness (QED) is 0.0796. The second kappa shape index (κ2) is 16.5. The van der Waals surface area contributed by atoms with Crippen molar-refractivity contribution >= 4 is 44.4 Å². The van der Waals surface area contributed by atoms with Crippen LogP contribution in [-0.4, -0.2) is 92.0 Å². The lowest BCUT2D eigenvalue weighted by Gasteiger charge is -2.55. The maximum Gasteiger partial charge on any atom is 0.355 e. The molecule has 5 atom stereocenters. The summed E-state index contributed by atoms with van der Waals surface area (Å²) in [6.07, 6.45) is 7.01. The molecule has 5 N–H and O–H groups in total. The van der Waals surface area contributed by atoms with Crippen LogP contribution in [0.5, 0.6) is 0 Å². The second-order valence-electron chi connectivity index (χ2n) is 17.2. The van der Waals surface area contributed by atoms with Crippen LogP contribution in [0.4, 0.5) is 10.9 Å². The fraction of sp³-hybridized carbons (Fsp3) is 0.477. The molecule has 2 saturated carbocycles. The topological polar surface area (TPSA) is 175 Å². The van der Waals surface area contributed by atoms with Crippen LogP contribution in [0.15, 0.2) is 60.8 Å². The standard InChI is InChI=1S/C44H53N7O6S/c1-27-17-43(3)19-31(57-16-14-45-21-30(53)24-52)20-44(18-27,25-43)26-51-28(2)34(22-46-51)32-11-12-38(48-39(32)41(55)56)50-15-13-29-7-6-8-33(35(29)23-50)40(54)49-42-47-36-9-4-5-10-37(36)58-42/h4-12,22,27,30-31,45,52-53H,13-21,23-26H2,1-3H3,(H,55,56)(H,47,49,54). The molecule has 0 spiro atoms. The minimum atomic E-state index is -1.11. The number of aromatic carboxylic acids is 1. The highest BCUT2D eigenvalue weighted by Gasteiger charge is 2.51. The molecule has 8 rings (SSSR count). The van der Waals surface area contributed by atoms with E-state index < -0.39 is 12.1 Å². The highest BCUT2D eigenvalue weighted by molar-refractivity contribution is 7.22. The molecular formula is C44H53N7O6S. The van der Waals surface area contributed by atoms with E-state index in [9.17, 15) is 19.8 Å². The first-order chi connectivity index (χ1) is 27.9. The van der Waals surface area contributed by atoms with Gasteiger partial charge in [-0.25, -0.2) is 14.8 Å². The lowest BCUT2D eigenvalue weighted by molar-refractivity contribution is -0.109. The van der Waals surface area contributed by atoms with Gasteiger partial charge in [-0.2, -0.15) is 5.10 Å². The molecule has 1 aliphatic heterocycles. The second-order valence-corrected chi connectivity index (χ2v) is 18.2. The molecule has 2 bridgehead atoms. The average molecular weight is 808 g/mol. The number of benzene rings is 2. The molecule has 14 heteroatoms. The molecule has 3 aliphatic rings. The van der Waals surface area contributed by atoms with Crippen LogP contribution in [0.3, 0.4) is 0 Å². The van der Waals surface area contributed by atoms with Gasteiger partial charge in [0.2, 0.25) is 0 Å². The van der Waals surface area contributed by atoms with Crippen LogP contribution in [0.2, 0.25) is 0 Å². The summed E-state index contributed by atoms with van der Waals surface area (Å²) in [5, 5.41) is 40.8. The third kappa shape index (κ3) is 8.39. The summed E-state index contributed by atoms with van der Waals surface area (Å²) in [5.41, 5.74) is 5.65. The number of nitrogens with zero attached hydrogens (tertiary/aromatic N) is 5. The van der Waals surface area contributed by atoms with Crippen molar-refractivity contribution in [2.45, 2.75) is 84.6 Å². The Morgan fingerprint density at radius 2 is 1.90 bits per heavy atom. The SMILES string of the molecule is Cc1c(-c2ccc(N3CCc4cccc(C(=O)Nc5nc6ccccc6s5)c4C3)nc2C(=O)O)cnn1CC12CC(C)CC(C)(CC(OCCNCC(O)CO)C1)C2. The first-order valence-electron chi connectivity index (χ1n) is 20.3. The highest BCUT2D eigenvalue weighted by Crippen LogP contribution is 2.58. The Morgan fingerprint density at radius 3 is 2.71 bits per heavy atom. The number of amides is 1. The number of fused-ring (bicyclic) bond motifs is 4. The Morgan fingerprint density at radius 1 is 1.05 bits per heavy atom. The van der Waals surface area contributed by atoms with E-state index in [1.807, 2.05) is 66.4 Å². The van der Waals surface area contributed by atoms with Gasteiger partial charge in [0.1, 0.15) is 5.82 Å². The first-order valence-corrected chi connectivity index (χ1v) is 21.1. The number of carbonyl (C=O) groups excluding carboxylic acids is 1. The van der Waals surface area contributed by atoms with Crippen molar-refractivity contribution in [1.29, 1.82) is 0 Å². The number of aliphatic hydroxyl groups is 2. The molecule has 4 heterocycles. The van der Waals surface area contributed by atoms with Gasteiger partial charge in [0, 0.05) is 55.1 Å². The number of para-hydroxylation sites is 1. The van der Waals surface area contributed by atoms with Gasteiger partial charge in [-0.05, 0) is 104 Å². The molecule has 3 aromatic heterocycles. The molecule has 0 radical (unpaired) electrons. The molecule has 2 aliphatic carbocycles. The van der Waals surface area contributed by atoms with Crippen LogP contribution >= 0.6 is 11.3 Å². The van der Waals surface area contributed by atoms with Crippen molar-refractivity contribution in [3.63, 3.8) is 0 Å². The predicted octanol–water partition coefficient (Wildman–Crippen LogP) is 6.31. The summed E-state index contributed by atoms with van der Waals surface area (Å²) in [7, 11) is 0. The summed E-state index contributed by atoms with van der Waals surface area (Å²) < 4.78 is 9.49. The number of aromatic nitrogens is 4. The van der Waals surface area contributed by atoms with Crippen LogP contribution in [0, 0.1) is 23.7 Å². The molecule has 13 nitrogen and oxygen atoms in total. The average Bonchev–Trinajstić information content (AvgIpc) is 3.77. The largest absolute Gasteiger partial charge is 0.476 e. The van der Waals surface area contributed by atoms with E-state index in [-0.39, 0.29) is 35.1 Å². The van der Waals surface area contributed by atoms with Crippen LogP contribution in [-0.2, 0) is 24.2 Å². The molecule has 5 unspecified atom stereocenters. The molecule has 0 saturated heterocycles. The first kappa shape index (κ1) is 40.1. The van der Waals surface area contributed by atoms with Gasteiger partial charge >= 0.3 is 5.97 Å². The number of hydrogen-bond acceptors (Lipinski definition) is 11. The van der Waals surface area contributed by atoms with Crippen molar-refractivity contribution < 1.29 is 29.6 Å². The minimum Gasteiger partial charge on any atom is -0.476 e. The Kier molecular flexibility index (Phi) is 11.4. The van der Waals surface area contributed by atoms with Gasteiger partial charge < -0.3 is 30.3 Å². The lowest BCUT2D eigenvalue weighted by Crippen LogP contribution is -2.49. The summed E-state index contributed by atoms with van der Waals surface area (Å²) in [5.74, 6) is -0.231. The van der Waals surface area contributed by atoms with E-state index in [2.05, 4.69) is 34.1 Å². The van der Waals surface area contributed by atoms with Crippen molar-refractivity contribution in [1.82, 2.24) is 25.1 Å². The van der Waals surface area contributed by atoms with Crippen LogP contribution < -0.4 is 15.5 Å². The number of carboxylic acid groups (broad SMARTS) is 1. The van der Waals surface area contributed by atoms with E-state index in [0.717, 1.165) is 71.2 Å². The van der Waals surface area contributed by atoms with Crippen LogP contribution in [0.1, 0.15) is 83.6 Å². The number of carboxylic acids is 1. The number of anilines is 2. The van der Waals surface area contributed by atoms with Crippen molar-refractivity contribution in [2.24, 2.45) is 16.7 Å². The Balaban J connectivity index is 0.992. The molecular weight excluding hydrogens is 755 g/mol. The number of rotatable bonds is 14. The van der Waals surface area contributed by atoms with Crippen molar-refractivity contribution in [3.8, 4) is 11.1 Å². The van der Waals surface area contributed by atoms with Gasteiger partial charge in [0.25, 0.3) is 5.91 Å². The van der Waals surface area contributed by atoms with E-state index in [1.165, 1.54) is 11.3 Å². The smallest absolute Gasteiger partial charge is 0.355 e. The summed E-state index contributed by atoms with van der Waals surface area (Å²) in [6, 6.07) is 17.3. The maximum atomic E-state index is 13.6. The fourth-order valence-corrected chi connectivity index (χ4v) is 11.2. The van der Waals surface area contributed by atoms with E-state index in [4.69, 9.17) is 19.9 Å². The third-order valence-electron chi connectivity index (χ3n) is 12.3. The number of aliphatic hydroxyl groups excluding tert-OH is 2. The zero-order valence-corrected chi connectivity index (χ0v) is 34.2. The van der Waals surface area contributed by atoms with E-state index in [0.29, 0.717) is 67.2 Å². The number of nitrogens with one attached hydrogen (secondary N) is 2. The molecule has 306 valence electrons. The summed E-state index contributed by atoms with van der Waals surface area (Å²) in [4.78, 5) is 37.8. The number of ether oxygens (including phenoxy) is 1. The van der Waals surface area contributed by atoms with Gasteiger partial charge in [0.05, 0.1) is 41.8 Å². The van der Waals surface area contributed by atoms with Crippen LogP contribution in [0.25, 0.3) is 21.3 Å². The number of carbonyl (C=O) groups is 2. The third-order valence-corrected chi connectivity index (χ3v) is 13.3. The Hall–Kier alpha value is -4.73. The van der Waals surface area contributed by atoms with E-state index >= 15 is 0 Å². The van der Waals surface area contributed by atoms with Gasteiger partial charge in [-0.15, -0.1) is 0 Å². The molecule has 2 aromatic carbocycles. The van der Waals surface area contributed by atoms with Gasteiger partial charge in [-0.3, -0.25) is 14.8 Å². The molecule has 2 fully saturated rings. The maximum absolute atomic E-state index is 13.6. The Labute approximate surface area is 342 Å². The number of hydrogen-bond donors (Lipinski definition) is 5. The Bertz CT molecular complexity index is 2280. The molecule has 58 heavy (non-hydrogen) atoms. The van der Waals surface area contributed by atoms with E-state index in [1.54, 1.807) is 6.20 Å². The monoisotopic (exact) mass is 807 g/mol. The van der Waals surface area contributed by atoms with Crippen molar-refractivity contribution in [2.75, 3.05) is 43.1 Å². The number of pyridine rings is 1.